The molecular weight excluding hydrogens is 483 g/mol. The monoisotopic (exact) mass is 506 g/mol. The van der Waals surface area contributed by atoms with E-state index in [1.54, 1.807) is 24.3 Å². The van der Waals surface area contributed by atoms with E-state index in [2.05, 4.69) is 10.7 Å². The molecule has 10 heteroatoms. The number of hydrazine groups is 1. The fourth-order valence-electron chi connectivity index (χ4n) is 3.73. The van der Waals surface area contributed by atoms with Crippen LogP contribution in [0.2, 0.25) is 0 Å². The molecule has 2 N–H and O–H groups in total. The lowest BCUT2D eigenvalue weighted by molar-refractivity contribution is -0.131. The highest BCUT2D eigenvalue weighted by Gasteiger charge is 2.44. The second-order valence-electron chi connectivity index (χ2n) is 8.01. The Morgan fingerprint density at radius 2 is 1.75 bits per heavy atom. The second kappa shape index (κ2) is 11.0. The molecule has 1 unspecified atom stereocenters. The first-order valence-corrected chi connectivity index (χ1v) is 11.5. The number of carbonyl (C=O) groups is 3. The highest BCUT2D eigenvalue weighted by atomic mass is 32.1. The quantitative estimate of drug-likeness (QED) is 0.455. The van der Waals surface area contributed by atoms with E-state index in [-0.39, 0.29) is 23.6 Å². The number of thiocarbonyl (C=S) groups is 1. The van der Waals surface area contributed by atoms with Gasteiger partial charge in [0.25, 0.3) is 11.8 Å². The molecule has 8 nitrogen and oxygen atoms in total. The zero-order valence-electron chi connectivity index (χ0n) is 19.3. The Balaban J connectivity index is 1.54. The molecule has 3 aromatic rings. The minimum Gasteiger partial charge on any atom is -0.497 e. The van der Waals surface area contributed by atoms with E-state index in [0.29, 0.717) is 11.4 Å². The van der Waals surface area contributed by atoms with Crippen molar-refractivity contribution < 1.29 is 23.5 Å². The Morgan fingerprint density at radius 1 is 1.03 bits per heavy atom. The number of rotatable bonds is 8. The highest BCUT2D eigenvalue weighted by molar-refractivity contribution is 7.80. The first-order chi connectivity index (χ1) is 17.4. The van der Waals surface area contributed by atoms with Crippen LogP contribution < -0.4 is 15.5 Å². The molecule has 3 aromatic carbocycles. The Bertz CT molecular complexity index is 1290. The smallest absolute Gasteiger partial charge is 0.269 e. The van der Waals surface area contributed by atoms with Crippen molar-refractivity contribution >= 4 is 40.7 Å². The molecule has 0 bridgehead atoms. The summed E-state index contributed by atoms with van der Waals surface area (Å²) in [4.78, 5) is 40.4. The van der Waals surface area contributed by atoms with Crippen molar-refractivity contribution in [2.24, 2.45) is 0 Å². The van der Waals surface area contributed by atoms with Gasteiger partial charge in [0.1, 0.15) is 17.6 Å². The number of benzene rings is 3. The molecule has 36 heavy (non-hydrogen) atoms. The summed E-state index contributed by atoms with van der Waals surface area (Å²) in [6.07, 6.45) is -0.278. The zero-order chi connectivity index (χ0) is 25.7. The topological polar surface area (TPSA) is 91.0 Å². The second-order valence-corrected chi connectivity index (χ2v) is 8.38. The number of ether oxygens (including phenoxy) is 1. The van der Waals surface area contributed by atoms with Crippen molar-refractivity contribution in [3.8, 4) is 5.75 Å². The summed E-state index contributed by atoms with van der Waals surface area (Å²) in [7, 11) is 1.54. The van der Waals surface area contributed by atoms with Gasteiger partial charge in [0.15, 0.2) is 5.11 Å². The van der Waals surface area contributed by atoms with Crippen molar-refractivity contribution in [1.29, 1.82) is 0 Å². The van der Waals surface area contributed by atoms with Crippen LogP contribution >= 0.6 is 12.2 Å². The third-order valence-corrected chi connectivity index (χ3v) is 5.96. The minimum absolute atomic E-state index is 0.0378. The van der Waals surface area contributed by atoms with E-state index in [4.69, 9.17) is 17.0 Å². The van der Waals surface area contributed by atoms with Gasteiger partial charge in [-0.25, -0.2) is 9.40 Å². The number of halogens is 1. The first-order valence-electron chi connectivity index (χ1n) is 11.0. The normalized spacial score (nSPS) is 15.1. The van der Waals surface area contributed by atoms with E-state index < -0.39 is 29.6 Å². The van der Waals surface area contributed by atoms with Gasteiger partial charge in [-0.1, -0.05) is 36.4 Å². The summed E-state index contributed by atoms with van der Waals surface area (Å²) in [6, 6.07) is 20.0. The Kier molecular flexibility index (Phi) is 7.55. The largest absolute Gasteiger partial charge is 0.497 e. The zero-order valence-corrected chi connectivity index (χ0v) is 20.1. The lowest BCUT2D eigenvalue weighted by Crippen LogP contribution is -2.49. The molecule has 0 aromatic heterocycles. The van der Waals surface area contributed by atoms with Crippen LogP contribution in [0.5, 0.6) is 5.75 Å². The Morgan fingerprint density at radius 3 is 2.42 bits per heavy atom. The van der Waals surface area contributed by atoms with E-state index in [1.807, 2.05) is 30.3 Å². The van der Waals surface area contributed by atoms with Crippen molar-refractivity contribution in [1.82, 2.24) is 15.3 Å². The molecule has 1 fully saturated rings. The molecule has 0 radical (unpaired) electrons. The van der Waals surface area contributed by atoms with Crippen molar-refractivity contribution in [3.05, 3.63) is 95.8 Å². The van der Waals surface area contributed by atoms with E-state index in [1.165, 1.54) is 35.2 Å². The fourth-order valence-corrected chi connectivity index (χ4v) is 4.06. The highest BCUT2D eigenvalue weighted by Crippen LogP contribution is 2.23. The molecule has 0 saturated carbocycles. The number of anilines is 1. The molecular formula is C26H23FN4O4S. The van der Waals surface area contributed by atoms with E-state index in [9.17, 15) is 18.8 Å². The van der Waals surface area contributed by atoms with Crippen LogP contribution in [-0.2, 0) is 16.1 Å². The van der Waals surface area contributed by atoms with Crippen LogP contribution in [0.15, 0.2) is 78.9 Å². The standard InChI is InChI=1S/C26H23FN4O4S/c1-35-21-12-10-20(11-13-21)28-23(32)15-22-25(34)30(16-17-6-3-2-4-7-17)26(36)31(22)29-24(33)18-8-5-9-19(27)14-18/h2-14,22H,15-16H2,1H3,(H,28,32)(H,29,33). The van der Waals surface area contributed by atoms with Gasteiger partial charge in [-0.05, 0) is 60.2 Å². The number of nitrogens with one attached hydrogen (secondary N) is 2. The molecule has 4 rings (SSSR count). The number of nitrogens with zero attached hydrogens (tertiary/aromatic N) is 2. The summed E-state index contributed by atoms with van der Waals surface area (Å²) in [5.41, 5.74) is 3.98. The van der Waals surface area contributed by atoms with Gasteiger partial charge >= 0.3 is 0 Å². The summed E-state index contributed by atoms with van der Waals surface area (Å²) < 4.78 is 18.8. The summed E-state index contributed by atoms with van der Waals surface area (Å²) in [5, 5.41) is 3.97. The van der Waals surface area contributed by atoms with Gasteiger partial charge in [-0.15, -0.1) is 0 Å². The number of carbonyl (C=O) groups excluding carboxylic acids is 3. The summed E-state index contributed by atoms with van der Waals surface area (Å²) in [6.45, 7) is 0.168. The lowest BCUT2D eigenvalue weighted by atomic mass is 10.1. The molecule has 1 heterocycles. The third kappa shape index (κ3) is 5.66. The summed E-state index contributed by atoms with van der Waals surface area (Å²) >= 11 is 5.52. The van der Waals surface area contributed by atoms with Gasteiger partial charge < -0.3 is 10.1 Å². The van der Waals surface area contributed by atoms with Crippen LogP contribution in [0.25, 0.3) is 0 Å². The Hall–Kier alpha value is -4.31. The van der Waals surface area contributed by atoms with Gasteiger partial charge in [0, 0.05) is 11.3 Å². The van der Waals surface area contributed by atoms with Crippen LogP contribution in [0.1, 0.15) is 22.3 Å². The molecule has 3 amide bonds. The van der Waals surface area contributed by atoms with E-state index in [0.717, 1.165) is 11.6 Å². The van der Waals surface area contributed by atoms with Crippen LogP contribution in [-0.4, -0.2) is 45.9 Å². The van der Waals surface area contributed by atoms with Crippen LogP contribution in [0, 0.1) is 5.82 Å². The molecule has 0 aliphatic carbocycles. The number of amides is 3. The average Bonchev–Trinajstić information content (AvgIpc) is 3.09. The molecule has 184 valence electrons. The van der Waals surface area contributed by atoms with Gasteiger partial charge in [0.2, 0.25) is 5.91 Å². The fraction of sp³-hybridized carbons (Fsp3) is 0.154. The predicted octanol–water partition coefficient (Wildman–Crippen LogP) is 3.51. The predicted molar refractivity (Wildman–Crippen MR) is 135 cm³/mol. The van der Waals surface area contributed by atoms with Gasteiger partial charge in [-0.3, -0.25) is 24.7 Å². The number of hydrogen-bond acceptors (Lipinski definition) is 5. The third-order valence-electron chi connectivity index (χ3n) is 5.54. The van der Waals surface area contributed by atoms with Gasteiger partial charge in [0.05, 0.1) is 20.1 Å². The van der Waals surface area contributed by atoms with Crippen molar-refractivity contribution in [3.63, 3.8) is 0 Å². The maximum atomic E-state index is 13.6. The van der Waals surface area contributed by atoms with Crippen molar-refractivity contribution in [2.75, 3.05) is 12.4 Å². The number of hydrogen-bond donors (Lipinski definition) is 2. The number of methoxy groups -OCH3 is 1. The SMILES string of the molecule is COc1ccc(NC(=O)CC2C(=O)N(Cc3ccccc3)C(=S)N2NC(=O)c2cccc(F)c2)cc1. The minimum atomic E-state index is -1.09. The molecule has 1 atom stereocenters. The lowest BCUT2D eigenvalue weighted by Gasteiger charge is -2.24. The van der Waals surface area contributed by atoms with Crippen LogP contribution in [0.3, 0.4) is 0 Å². The maximum Gasteiger partial charge on any atom is 0.269 e. The molecule has 1 saturated heterocycles. The Labute approximate surface area is 212 Å². The summed E-state index contributed by atoms with van der Waals surface area (Å²) in [5.74, 6) is -1.50. The average molecular weight is 507 g/mol. The van der Waals surface area contributed by atoms with Gasteiger partial charge in [-0.2, -0.15) is 0 Å². The molecule has 1 aliphatic rings. The molecule has 0 spiro atoms. The maximum absolute atomic E-state index is 13.6. The molecule has 1 aliphatic heterocycles. The van der Waals surface area contributed by atoms with Crippen molar-refractivity contribution in [2.45, 2.75) is 19.0 Å². The first kappa shape index (κ1) is 24.8. The van der Waals surface area contributed by atoms with E-state index >= 15 is 0 Å². The van der Waals surface area contributed by atoms with Crippen LogP contribution in [0.4, 0.5) is 10.1 Å².